The monoisotopic (exact) mass is 274 g/mol. The van der Waals surface area contributed by atoms with E-state index in [1.165, 1.54) is 0 Å². The molecule has 0 aromatic rings. The number of hydrogen-bond donors (Lipinski definition) is 3. The minimum Gasteiger partial charge on any atom is -0.480 e. The Kier molecular flexibility index (Phi) is 5.97. The topological polar surface area (TPSA) is 109 Å². The Bertz CT molecular complexity index is 329. The Morgan fingerprint density at radius 1 is 1.39 bits per heavy atom. The largest absolute Gasteiger partial charge is 0.480 e. The minimum absolute atomic E-state index is 0.0355. The molecule has 0 saturated carbocycles. The molecule has 4 N–H and O–H groups in total. The van der Waals surface area contributed by atoms with Crippen molar-refractivity contribution in [1.82, 2.24) is 5.32 Å². The second-order valence-electron chi connectivity index (χ2n) is 4.26. The molecule has 1 heterocycles. The Morgan fingerprint density at radius 3 is 2.61 bits per heavy atom. The van der Waals surface area contributed by atoms with Crippen molar-refractivity contribution < 1.29 is 19.5 Å². The second-order valence-corrected chi connectivity index (χ2v) is 5.57. The highest BCUT2D eigenvalue weighted by Gasteiger charge is 2.26. The molecule has 0 aromatic carbocycles. The molecule has 1 aliphatic rings. The van der Waals surface area contributed by atoms with Gasteiger partial charge in [0.05, 0.1) is 5.25 Å². The van der Waals surface area contributed by atoms with Crippen molar-refractivity contribution in [3.05, 3.63) is 0 Å². The number of primary amides is 1. The maximum atomic E-state index is 11.8. The molecule has 2 amide bonds. The standard InChI is InChI=1S/C11H18N2O4S/c12-9(14)5-4-7(11(16)17)13-10(15)8-3-1-2-6-18-8/h7-8H,1-6H2,(H2,12,14)(H,13,15)(H,16,17)/t7-,8?/m0/s1. The Labute approximate surface area is 110 Å². The van der Waals surface area contributed by atoms with E-state index in [4.69, 9.17) is 10.8 Å². The maximum Gasteiger partial charge on any atom is 0.326 e. The smallest absolute Gasteiger partial charge is 0.326 e. The highest BCUT2D eigenvalue weighted by atomic mass is 32.2. The summed E-state index contributed by atoms with van der Waals surface area (Å²) < 4.78 is 0. The van der Waals surface area contributed by atoms with Crippen molar-refractivity contribution in [2.75, 3.05) is 5.75 Å². The average molecular weight is 274 g/mol. The first-order valence-corrected chi connectivity index (χ1v) is 6.98. The number of carbonyl (C=O) groups excluding carboxylic acids is 2. The fourth-order valence-electron chi connectivity index (χ4n) is 1.76. The minimum atomic E-state index is -1.13. The van der Waals surface area contributed by atoms with Gasteiger partial charge in [-0.15, -0.1) is 11.8 Å². The molecule has 1 saturated heterocycles. The van der Waals surface area contributed by atoms with E-state index in [0.717, 1.165) is 25.0 Å². The van der Waals surface area contributed by atoms with Crippen molar-refractivity contribution in [1.29, 1.82) is 0 Å². The summed E-state index contributed by atoms with van der Waals surface area (Å²) in [4.78, 5) is 33.4. The van der Waals surface area contributed by atoms with Gasteiger partial charge in [0.25, 0.3) is 0 Å². The Morgan fingerprint density at radius 2 is 2.11 bits per heavy atom. The van der Waals surface area contributed by atoms with E-state index >= 15 is 0 Å². The number of carbonyl (C=O) groups is 3. The first-order valence-electron chi connectivity index (χ1n) is 5.94. The highest BCUT2D eigenvalue weighted by Crippen LogP contribution is 2.25. The third kappa shape index (κ3) is 4.95. The van der Waals surface area contributed by atoms with Gasteiger partial charge < -0.3 is 16.2 Å². The van der Waals surface area contributed by atoms with Crippen LogP contribution in [0.4, 0.5) is 0 Å². The lowest BCUT2D eigenvalue weighted by molar-refractivity contribution is -0.142. The second kappa shape index (κ2) is 7.25. The molecule has 1 fully saturated rings. The van der Waals surface area contributed by atoms with Crippen LogP contribution in [0.2, 0.25) is 0 Å². The Hall–Kier alpha value is -1.24. The van der Waals surface area contributed by atoms with Gasteiger partial charge >= 0.3 is 5.97 Å². The summed E-state index contributed by atoms with van der Waals surface area (Å²) in [6, 6.07) is -1.03. The number of nitrogens with two attached hydrogens (primary N) is 1. The normalized spacial score (nSPS) is 21.0. The van der Waals surface area contributed by atoms with Gasteiger partial charge in [0.2, 0.25) is 11.8 Å². The maximum absolute atomic E-state index is 11.8. The van der Waals surface area contributed by atoms with Crippen molar-refractivity contribution in [3.63, 3.8) is 0 Å². The van der Waals surface area contributed by atoms with Crippen molar-refractivity contribution in [3.8, 4) is 0 Å². The number of carboxylic acids is 1. The van der Waals surface area contributed by atoms with Gasteiger partial charge in [-0.2, -0.15) is 0 Å². The fourth-order valence-corrected chi connectivity index (χ4v) is 2.96. The molecule has 0 spiro atoms. The number of aliphatic carboxylic acids is 1. The van der Waals surface area contributed by atoms with Crippen LogP contribution in [0.25, 0.3) is 0 Å². The summed E-state index contributed by atoms with van der Waals surface area (Å²) in [5.41, 5.74) is 4.97. The first-order chi connectivity index (χ1) is 8.50. The molecule has 0 radical (unpaired) electrons. The lowest BCUT2D eigenvalue weighted by Gasteiger charge is -2.22. The van der Waals surface area contributed by atoms with Crippen LogP contribution in [0, 0.1) is 0 Å². The summed E-state index contributed by atoms with van der Waals surface area (Å²) in [5.74, 6) is -1.03. The van der Waals surface area contributed by atoms with Crippen LogP contribution in [0.5, 0.6) is 0 Å². The predicted octanol–water partition coefficient (Wildman–Crippen LogP) is 0.107. The molecule has 1 unspecified atom stereocenters. The average Bonchev–Trinajstić information content (AvgIpc) is 2.34. The van der Waals surface area contributed by atoms with E-state index in [1.807, 2.05) is 0 Å². The van der Waals surface area contributed by atoms with E-state index < -0.39 is 17.9 Å². The molecular weight excluding hydrogens is 256 g/mol. The lowest BCUT2D eigenvalue weighted by Crippen LogP contribution is -2.45. The molecule has 0 bridgehead atoms. The van der Waals surface area contributed by atoms with Gasteiger partial charge in [-0.05, 0) is 25.0 Å². The van der Waals surface area contributed by atoms with Crippen LogP contribution in [-0.2, 0) is 14.4 Å². The molecule has 0 aromatic heterocycles. The number of nitrogens with one attached hydrogen (secondary N) is 1. The fraction of sp³-hybridized carbons (Fsp3) is 0.727. The summed E-state index contributed by atoms with van der Waals surface area (Å²) in [6.07, 6.45) is 2.85. The zero-order valence-corrected chi connectivity index (χ0v) is 10.9. The third-order valence-corrected chi connectivity index (χ3v) is 4.14. The SMILES string of the molecule is NC(=O)CC[C@H](NC(=O)C1CCCCS1)C(=O)O. The van der Waals surface area contributed by atoms with E-state index in [1.54, 1.807) is 11.8 Å². The third-order valence-electron chi connectivity index (χ3n) is 2.77. The number of amides is 2. The molecule has 1 rings (SSSR count). The summed E-state index contributed by atoms with van der Waals surface area (Å²) in [7, 11) is 0. The molecule has 0 aliphatic carbocycles. The zero-order valence-electron chi connectivity index (χ0n) is 10.1. The van der Waals surface area contributed by atoms with Gasteiger partial charge in [0.15, 0.2) is 0 Å². The van der Waals surface area contributed by atoms with E-state index in [0.29, 0.717) is 0 Å². The lowest BCUT2D eigenvalue weighted by atomic mass is 10.1. The van der Waals surface area contributed by atoms with Gasteiger partial charge in [0.1, 0.15) is 6.04 Å². The van der Waals surface area contributed by atoms with E-state index in [9.17, 15) is 14.4 Å². The van der Waals surface area contributed by atoms with Crippen LogP contribution >= 0.6 is 11.8 Å². The van der Waals surface area contributed by atoms with Gasteiger partial charge in [-0.25, -0.2) is 4.79 Å². The van der Waals surface area contributed by atoms with Crippen LogP contribution in [0.15, 0.2) is 0 Å². The molecule has 1 aliphatic heterocycles. The molecule has 18 heavy (non-hydrogen) atoms. The van der Waals surface area contributed by atoms with Crippen molar-refractivity contribution in [2.45, 2.75) is 43.4 Å². The van der Waals surface area contributed by atoms with Gasteiger partial charge in [-0.1, -0.05) is 6.42 Å². The number of hydrogen-bond acceptors (Lipinski definition) is 4. The van der Waals surface area contributed by atoms with E-state index in [-0.39, 0.29) is 24.0 Å². The van der Waals surface area contributed by atoms with Crippen molar-refractivity contribution >= 4 is 29.5 Å². The molecule has 102 valence electrons. The van der Waals surface area contributed by atoms with E-state index in [2.05, 4.69) is 5.32 Å². The van der Waals surface area contributed by atoms with Crippen LogP contribution in [0.1, 0.15) is 32.1 Å². The summed E-state index contributed by atoms with van der Waals surface area (Å²) >= 11 is 1.55. The summed E-state index contributed by atoms with van der Waals surface area (Å²) in [5, 5.41) is 11.3. The zero-order chi connectivity index (χ0) is 13.5. The molecule has 2 atom stereocenters. The van der Waals surface area contributed by atoms with Crippen LogP contribution < -0.4 is 11.1 Å². The predicted molar refractivity (Wildman–Crippen MR) is 68.1 cm³/mol. The van der Waals surface area contributed by atoms with Crippen molar-refractivity contribution in [2.24, 2.45) is 5.73 Å². The molecular formula is C11H18N2O4S. The Balaban J connectivity index is 2.46. The quantitative estimate of drug-likeness (QED) is 0.636. The summed E-state index contributed by atoms with van der Waals surface area (Å²) in [6.45, 7) is 0. The van der Waals surface area contributed by atoms with Gasteiger partial charge in [-0.3, -0.25) is 9.59 Å². The highest BCUT2D eigenvalue weighted by molar-refractivity contribution is 8.00. The number of thioether (sulfide) groups is 1. The van der Waals surface area contributed by atoms with Crippen LogP contribution in [-0.4, -0.2) is 39.9 Å². The van der Waals surface area contributed by atoms with Crippen LogP contribution in [0.3, 0.4) is 0 Å². The van der Waals surface area contributed by atoms with Gasteiger partial charge in [0, 0.05) is 6.42 Å². The molecule has 6 nitrogen and oxygen atoms in total. The molecule has 7 heteroatoms. The first kappa shape index (κ1) is 14.8. The number of rotatable bonds is 6. The number of carboxylic acid groups (broad SMARTS) is 1.